The molecule has 2 N–H and O–H groups in total. The van der Waals surface area contributed by atoms with Crippen LogP contribution in [0.2, 0.25) is 0 Å². The van der Waals surface area contributed by atoms with Crippen molar-refractivity contribution < 1.29 is 9.90 Å². The number of benzene rings is 3. The number of pyridine rings is 1. The maximum Gasteiger partial charge on any atom is 0.255 e. The van der Waals surface area contributed by atoms with Crippen molar-refractivity contribution in [3.63, 3.8) is 0 Å². The van der Waals surface area contributed by atoms with E-state index in [-0.39, 0.29) is 17.2 Å². The van der Waals surface area contributed by atoms with Gasteiger partial charge in [0, 0.05) is 11.9 Å². The first kappa shape index (κ1) is 20.4. The maximum absolute atomic E-state index is 12.6. The summed E-state index contributed by atoms with van der Waals surface area (Å²) >= 11 is 0. The lowest BCUT2D eigenvalue weighted by Crippen LogP contribution is -2.24. The van der Waals surface area contributed by atoms with Gasteiger partial charge in [0.2, 0.25) is 0 Å². The molecule has 3 aromatic carbocycles. The van der Waals surface area contributed by atoms with Crippen LogP contribution in [0, 0.1) is 0 Å². The lowest BCUT2D eigenvalue weighted by molar-refractivity contribution is 0.0951. The van der Waals surface area contributed by atoms with Gasteiger partial charge in [0.05, 0.1) is 11.3 Å². The predicted octanol–water partition coefficient (Wildman–Crippen LogP) is 5.47. The van der Waals surface area contributed by atoms with Gasteiger partial charge in [-0.1, -0.05) is 78.9 Å². The van der Waals surface area contributed by atoms with Crippen LogP contribution in [0.5, 0.6) is 5.75 Å². The molecule has 0 aliphatic carbocycles. The van der Waals surface area contributed by atoms with Crippen LogP contribution in [0.3, 0.4) is 0 Å². The second-order valence-corrected chi connectivity index (χ2v) is 7.36. The largest absolute Gasteiger partial charge is 0.505 e. The first-order valence-corrected chi connectivity index (χ1v) is 10.4. The van der Waals surface area contributed by atoms with Crippen LogP contribution in [0.4, 0.5) is 0 Å². The Morgan fingerprint density at radius 1 is 0.871 bits per heavy atom. The topological polar surface area (TPSA) is 62.2 Å². The number of amides is 1. The number of nitrogens with one attached hydrogen (secondary N) is 1. The Morgan fingerprint density at radius 3 is 2.35 bits per heavy atom. The molecule has 4 rings (SSSR count). The molecule has 4 nitrogen and oxygen atoms in total. The van der Waals surface area contributed by atoms with Crippen molar-refractivity contribution in [3.05, 3.63) is 107 Å². The van der Waals surface area contributed by atoms with E-state index in [2.05, 4.69) is 22.4 Å². The van der Waals surface area contributed by atoms with Crippen LogP contribution >= 0.6 is 0 Å². The smallest absolute Gasteiger partial charge is 0.255 e. The number of aromatic nitrogens is 1. The number of hydrogen-bond acceptors (Lipinski definition) is 3. The predicted molar refractivity (Wildman–Crippen MR) is 126 cm³/mol. The third-order valence-electron chi connectivity index (χ3n) is 5.12. The SMILES string of the molecule is O=C(NCCCc1ccccc1)c1ccc2ccc(C=Cc3ccccc3)nc2c1O. The molecule has 0 saturated heterocycles. The van der Waals surface area contributed by atoms with Gasteiger partial charge < -0.3 is 10.4 Å². The summed E-state index contributed by atoms with van der Waals surface area (Å²) in [4.78, 5) is 17.2. The van der Waals surface area contributed by atoms with Crippen LogP contribution in [-0.4, -0.2) is 22.5 Å². The Balaban J connectivity index is 1.45. The molecular weight excluding hydrogens is 384 g/mol. The standard InChI is InChI=1S/C27H24N2O2/c30-26-24(27(31)28-19-7-12-20-8-3-1-4-9-20)18-15-22-14-17-23(29-25(22)26)16-13-21-10-5-2-6-11-21/h1-6,8-11,13-18,30H,7,12,19H2,(H,28,31). The van der Waals surface area contributed by atoms with Crippen LogP contribution < -0.4 is 5.32 Å². The van der Waals surface area contributed by atoms with Gasteiger partial charge in [0.25, 0.3) is 5.91 Å². The van der Waals surface area contributed by atoms with Gasteiger partial charge in [0.1, 0.15) is 5.52 Å². The Kier molecular flexibility index (Phi) is 6.38. The molecule has 0 fully saturated rings. The first-order chi connectivity index (χ1) is 15.2. The van der Waals surface area contributed by atoms with Gasteiger partial charge in [-0.2, -0.15) is 0 Å². The highest BCUT2D eigenvalue weighted by molar-refractivity contribution is 6.02. The third-order valence-corrected chi connectivity index (χ3v) is 5.12. The molecule has 1 heterocycles. The van der Waals surface area contributed by atoms with Crippen molar-refractivity contribution in [1.82, 2.24) is 10.3 Å². The molecule has 4 aromatic rings. The van der Waals surface area contributed by atoms with Gasteiger partial charge in [-0.15, -0.1) is 0 Å². The summed E-state index contributed by atoms with van der Waals surface area (Å²) in [6, 6.07) is 27.4. The van der Waals surface area contributed by atoms with Crippen LogP contribution in [0.15, 0.2) is 84.9 Å². The fourth-order valence-electron chi connectivity index (χ4n) is 3.44. The zero-order valence-electron chi connectivity index (χ0n) is 17.2. The number of nitrogens with zero attached hydrogens (tertiary/aromatic N) is 1. The van der Waals surface area contributed by atoms with E-state index in [1.54, 1.807) is 6.07 Å². The molecule has 0 spiro atoms. The van der Waals surface area contributed by atoms with Crippen molar-refractivity contribution in [1.29, 1.82) is 0 Å². The van der Waals surface area contributed by atoms with Crippen LogP contribution in [0.1, 0.15) is 33.6 Å². The average Bonchev–Trinajstić information content (AvgIpc) is 2.82. The summed E-state index contributed by atoms with van der Waals surface area (Å²) in [5, 5.41) is 14.4. The van der Waals surface area contributed by atoms with Gasteiger partial charge in [-0.3, -0.25) is 4.79 Å². The minimum atomic E-state index is -0.292. The molecule has 4 heteroatoms. The van der Waals surface area contributed by atoms with Gasteiger partial charge in [0.15, 0.2) is 5.75 Å². The summed E-state index contributed by atoms with van der Waals surface area (Å²) in [6.45, 7) is 0.540. The van der Waals surface area contributed by atoms with Crippen molar-refractivity contribution in [3.8, 4) is 5.75 Å². The van der Waals surface area contributed by atoms with E-state index >= 15 is 0 Å². The van der Waals surface area contributed by atoms with Gasteiger partial charge in [-0.05, 0) is 42.2 Å². The van der Waals surface area contributed by atoms with E-state index in [0.717, 1.165) is 23.8 Å². The molecule has 154 valence electrons. The van der Waals surface area contributed by atoms with E-state index in [1.807, 2.05) is 78.9 Å². The number of hydrogen-bond donors (Lipinski definition) is 2. The lowest BCUT2D eigenvalue weighted by Gasteiger charge is -2.09. The molecule has 0 atom stereocenters. The zero-order valence-corrected chi connectivity index (χ0v) is 17.2. The summed E-state index contributed by atoms with van der Waals surface area (Å²) in [5.74, 6) is -0.382. The summed E-state index contributed by atoms with van der Waals surface area (Å²) < 4.78 is 0. The first-order valence-electron chi connectivity index (χ1n) is 10.4. The molecule has 31 heavy (non-hydrogen) atoms. The van der Waals surface area contributed by atoms with Crippen LogP contribution in [-0.2, 0) is 6.42 Å². The minimum Gasteiger partial charge on any atom is -0.505 e. The number of fused-ring (bicyclic) bond motifs is 1. The molecule has 1 amide bonds. The number of aryl methyl sites for hydroxylation is 1. The molecule has 0 aliphatic heterocycles. The molecule has 0 aliphatic rings. The zero-order chi connectivity index (χ0) is 21.5. The maximum atomic E-state index is 12.6. The van der Waals surface area contributed by atoms with E-state index in [0.29, 0.717) is 17.8 Å². The number of phenolic OH excluding ortho intramolecular Hbond substituents is 1. The molecular formula is C27H24N2O2. The Hall–Kier alpha value is -3.92. The van der Waals surface area contributed by atoms with Gasteiger partial charge >= 0.3 is 0 Å². The highest BCUT2D eigenvalue weighted by Crippen LogP contribution is 2.28. The minimum absolute atomic E-state index is 0.0898. The number of rotatable bonds is 7. The monoisotopic (exact) mass is 408 g/mol. The van der Waals surface area contributed by atoms with Crippen molar-refractivity contribution in [2.75, 3.05) is 6.54 Å². The average molecular weight is 409 g/mol. The lowest BCUT2D eigenvalue weighted by atomic mass is 10.1. The van der Waals surface area contributed by atoms with Crippen molar-refractivity contribution in [2.24, 2.45) is 0 Å². The molecule has 0 bridgehead atoms. The fraction of sp³-hybridized carbons (Fsp3) is 0.111. The molecule has 0 radical (unpaired) electrons. The van der Waals surface area contributed by atoms with Crippen LogP contribution in [0.25, 0.3) is 23.1 Å². The third kappa shape index (κ3) is 5.17. The second kappa shape index (κ2) is 9.72. The number of carbonyl (C=O) groups is 1. The van der Waals surface area contributed by atoms with Crippen molar-refractivity contribution in [2.45, 2.75) is 12.8 Å². The highest BCUT2D eigenvalue weighted by Gasteiger charge is 2.14. The van der Waals surface area contributed by atoms with Gasteiger partial charge in [-0.25, -0.2) is 4.98 Å². The summed E-state index contributed by atoms with van der Waals surface area (Å²) in [6.07, 6.45) is 5.58. The molecule has 0 unspecified atom stereocenters. The quantitative estimate of drug-likeness (QED) is 0.399. The Labute approximate surface area is 181 Å². The Bertz CT molecular complexity index is 1200. The Morgan fingerprint density at radius 2 is 1.58 bits per heavy atom. The molecule has 0 saturated carbocycles. The summed E-state index contributed by atoms with van der Waals surface area (Å²) in [5.41, 5.74) is 3.69. The van der Waals surface area contributed by atoms with E-state index in [1.165, 1.54) is 5.56 Å². The number of carbonyl (C=O) groups excluding carboxylic acids is 1. The van der Waals surface area contributed by atoms with E-state index in [9.17, 15) is 9.90 Å². The molecule has 1 aromatic heterocycles. The fourth-order valence-corrected chi connectivity index (χ4v) is 3.44. The summed E-state index contributed by atoms with van der Waals surface area (Å²) in [7, 11) is 0. The van der Waals surface area contributed by atoms with E-state index in [4.69, 9.17) is 0 Å². The van der Waals surface area contributed by atoms with E-state index < -0.39 is 0 Å². The number of phenols is 1. The number of aromatic hydroxyl groups is 1. The normalized spacial score (nSPS) is 11.1. The second-order valence-electron chi connectivity index (χ2n) is 7.36. The highest BCUT2D eigenvalue weighted by atomic mass is 16.3. The van der Waals surface area contributed by atoms with Crippen molar-refractivity contribution >= 4 is 29.0 Å².